The number of carbonyl (C=O) groups is 1. The van der Waals surface area contributed by atoms with Crippen molar-refractivity contribution in [3.05, 3.63) is 54.1 Å². The molecular formula is C30H44O5. The molecule has 0 saturated heterocycles. The third-order valence-corrected chi connectivity index (χ3v) is 5.99. The van der Waals surface area contributed by atoms with E-state index in [1.807, 2.05) is 30.3 Å². The average Bonchev–Trinajstić information content (AvgIpc) is 2.89. The van der Waals surface area contributed by atoms with Crippen LogP contribution in [-0.4, -0.2) is 32.9 Å². The van der Waals surface area contributed by atoms with E-state index >= 15 is 0 Å². The highest BCUT2D eigenvalue weighted by atomic mass is 16.5. The van der Waals surface area contributed by atoms with Crippen LogP contribution in [0.4, 0.5) is 0 Å². The van der Waals surface area contributed by atoms with Crippen LogP contribution >= 0.6 is 0 Å². The van der Waals surface area contributed by atoms with E-state index in [0.717, 1.165) is 18.6 Å². The smallest absolute Gasteiger partial charge is 0.341 e. The number of methoxy groups -OCH3 is 1. The fraction of sp³-hybridized carbons (Fsp3) is 0.567. The van der Waals surface area contributed by atoms with Crippen molar-refractivity contribution >= 4 is 5.97 Å². The number of rotatable bonds is 20. The van der Waals surface area contributed by atoms with Crippen LogP contribution in [0.15, 0.2) is 48.5 Å². The monoisotopic (exact) mass is 484 g/mol. The van der Waals surface area contributed by atoms with Gasteiger partial charge in [0.05, 0.1) is 13.7 Å². The Kier molecular flexibility index (Phi) is 15.2. The van der Waals surface area contributed by atoms with Gasteiger partial charge in [0.1, 0.15) is 36.0 Å². The Morgan fingerprint density at radius 2 is 1.23 bits per heavy atom. The molecule has 0 bridgehead atoms. The van der Waals surface area contributed by atoms with E-state index in [1.165, 1.54) is 64.2 Å². The van der Waals surface area contributed by atoms with Gasteiger partial charge in [0.25, 0.3) is 0 Å². The largest absolute Gasteiger partial charge is 0.496 e. The van der Waals surface area contributed by atoms with E-state index < -0.39 is 0 Å². The summed E-state index contributed by atoms with van der Waals surface area (Å²) in [5.74, 6) is 1.52. The molecule has 0 aliphatic carbocycles. The summed E-state index contributed by atoms with van der Waals surface area (Å²) >= 11 is 0. The SMILES string of the molecule is CCCCCCCCCCCCCCOC(=O)c1ccc(OCCOc2ccccc2)cc1OC. The first-order chi connectivity index (χ1) is 17.2. The number of hydrogen-bond acceptors (Lipinski definition) is 5. The molecule has 0 saturated carbocycles. The van der Waals surface area contributed by atoms with E-state index in [-0.39, 0.29) is 5.97 Å². The number of hydrogen-bond donors (Lipinski definition) is 0. The van der Waals surface area contributed by atoms with E-state index in [0.29, 0.717) is 36.9 Å². The van der Waals surface area contributed by atoms with Crippen molar-refractivity contribution in [3.63, 3.8) is 0 Å². The lowest BCUT2D eigenvalue weighted by molar-refractivity contribution is 0.0494. The summed E-state index contributed by atoms with van der Waals surface area (Å²) in [4.78, 5) is 12.5. The Balaban J connectivity index is 1.56. The molecule has 0 atom stereocenters. The maximum absolute atomic E-state index is 12.5. The molecule has 0 aliphatic heterocycles. The van der Waals surface area contributed by atoms with E-state index in [9.17, 15) is 4.79 Å². The lowest BCUT2D eigenvalue weighted by Gasteiger charge is -2.12. The highest BCUT2D eigenvalue weighted by Gasteiger charge is 2.15. The summed E-state index contributed by atoms with van der Waals surface area (Å²) in [6.07, 6.45) is 15.4. The average molecular weight is 485 g/mol. The van der Waals surface area contributed by atoms with Crippen LogP contribution in [-0.2, 0) is 4.74 Å². The van der Waals surface area contributed by atoms with Crippen LogP contribution in [0.1, 0.15) is 94.3 Å². The van der Waals surface area contributed by atoms with Gasteiger partial charge in [-0.15, -0.1) is 0 Å². The lowest BCUT2D eigenvalue weighted by Crippen LogP contribution is -2.10. The van der Waals surface area contributed by atoms with Crippen molar-refractivity contribution in [1.82, 2.24) is 0 Å². The minimum atomic E-state index is -0.358. The zero-order valence-electron chi connectivity index (χ0n) is 21.8. The standard InChI is InChI=1S/C30H44O5/c1-3-4-5-6-7-8-9-10-11-12-13-17-22-35-30(31)28-21-20-27(25-29(28)32-2)34-24-23-33-26-18-15-14-16-19-26/h14-16,18-21,25H,3-13,17,22-24H2,1-2H3. The van der Waals surface area contributed by atoms with E-state index in [4.69, 9.17) is 18.9 Å². The van der Waals surface area contributed by atoms with Crippen LogP contribution in [0.25, 0.3) is 0 Å². The molecule has 0 unspecified atom stereocenters. The number of unbranched alkanes of at least 4 members (excludes halogenated alkanes) is 11. The molecule has 0 N–H and O–H groups in total. The third kappa shape index (κ3) is 12.5. The Morgan fingerprint density at radius 1 is 0.657 bits per heavy atom. The zero-order valence-corrected chi connectivity index (χ0v) is 21.8. The molecule has 2 rings (SSSR count). The van der Waals surface area contributed by atoms with Crippen molar-refractivity contribution in [1.29, 1.82) is 0 Å². The fourth-order valence-electron chi connectivity index (χ4n) is 3.95. The summed E-state index contributed by atoms with van der Waals surface area (Å²) < 4.78 is 22.2. The summed E-state index contributed by atoms with van der Waals surface area (Å²) in [7, 11) is 1.54. The number of benzene rings is 2. The minimum Gasteiger partial charge on any atom is -0.496 e. The second-order valence-electron chi connectivity index (χ2n) is 8.90. The van der Waals surface area contributed by atoms with Crippen molar-refractivity contribution in [2.24, 2.45) is 0 Å². The molecule has 0 spiro atoms. The second kappa shape index (κ2) is 18.6. The first-order valence-electron chi connectivity index (χ1n) is 13.4. The minimum absolute atomic E-state index is 0.358. The van der Waals surface area contributed by atoms with Crippen molar-refractivity contribution in [2.45, 2.75) is 84.0 Å². The molecule has 194 valence electrons. The molecule has 0 radical (unpaired) electrons. The van der Waals surface area contributed by atoms with E-state index in [2.05, 4.69) is 6.92 Å². The Bertz CT molecular complexity index is 806. The Morgan fingerprint density at radius 3 is 1.83 bits per heavy atom. The molecule has 0 fully saturated rings. The van der Waals surface area contributed by atoms with Crippen LogP contribution in [0, 0.1) is 0 Å². The predicted molar refractivity (Wildman–Crippen MR) is 142 cm³/mol. The molecular weight excluding hydrogens is 440 g/mol. The number of para-hydroxylation sites is 1. The normalized spacial score (nSPS) is 10.7. The summed E-state index contributed by atoms with van der Waals surface area (Å²) in [6.45, 7) is 3.52. The number of esters is 1. The number of ether oxygens (including phenoxy) is 4. The second-order valence-corrected chi connectivity index (χ2v) is 8.90. The summed E-state index contributed by atoms with van der Waals surface area (Å²) in [6, 6.07) is 14.8. The predicted octanol–water partition coefficient (Wildman–Crippen LogP) is 8.01. The zero-order chi connectivity index (χ0) is 25.0. The molecule has 2 aromatic rings. The van der Waals surface area contributed by atoms with Gasteiger partial charge in [-0.2, -0.15) is 0 Å². The van der Waals surface area contributed by atoms with Crippen molar-refractivity contribution in [2.75, 3.05) is 26.9 Å². The number of carbonyl (C=O) groups excluding carboxylic acids is 1. The van der Waals surface area contributed by atoms with Gasteiger partial charge in [0.15, 0.2) is 0 Å². The lowest BCUT2D eigenvalue weighted by atomic mass is 10.1. The molecule has 35 heavy (non-hydrogen) atoms. The highest BCUT2D eigenvalue weighted by Crippen LogP contribution is 2.25. The van der Waals surface area contributed by atoms with Gasteiger partial charge in [0, 0.05) is 6.07 Å². The van der Waals surface area contributed by atoms with Crippen LogP contribution in [0.5, 0.6) is 17.2 Å². The van der Waals surface area contributed by atoms with E-state index in [1.54, 1.807) is 25.3 Å². The third-order valence-electron chi connectivity index (χ3n) is 5.99. The first kappa shape index (κ1) is 28.5. The van der Waals surface area contributed by atoms with Crippen molar-refractivity contribution < 1.29 is 23.7 Å². The quantitative estimate of drug-likeness (QED) is 0.141. The van der Waals surface area contributed by atoms with Crippen molar-refractivity contribution in [3.8, 4) is 17.2 Å². The van der Waals surface area contributed by atoms with Gasteiger partial charge in [-0.05, 0) is 30.7 Å². The fourth-order valence-corrected chi connectivity index (χ4v) is 3.95. The molecule has 0 aliphatic rings. The molecule has 5 nitrogen and oxygen atoms in total. The molecule has 0 amide bonds. The topological polar surface area (TPSA) is 54.0 Å². The summed E-state index contributed by atoms with van der Waals surface area (Å²) in [5, 5.41) is 0. The van der Waals surface area contributed by atoms with Crippen LogP contribution in [0.3, 0.4) is 0 Å². The maximum Gasteiger partial charge on any atom is 0.341 e. The Labute approximate surface area is 212 Å². The molecule has 0 heterocycles. The van der Waals surface area contributed by atoms with Gasteiger partial charge < -0.3 is 18.9 Å². The van der Waals surface area contributed by atoms with Gasteiger partial charge in [-0.1, -0.05) is 95.8 Å². The van der Waals surface area contributed by atoms with Gasteiger partial charge in [0.2, 0.25) is 0 Å². The molecule has 5 heteroatoms. The van der Waals surface area contributed by atoms with Crippen LogP contribution in [0.2, 0.25) is 0 Å². The van der Waals surface area contributed by atoms with Gasteiger partial charge in [-0.25, -0.2) is 4.79 Å². The van der Waals surface area contributed by atoms with Crippen LogP contribution < -0.4 is 14.2 Å². The van der Waals surface area contributed by atoms with Gasteiger partial charge >= 0.3 is 5.97 Å². The Hall–Kier alpha value is -2.69. The highest BCUT2D eigenvalue weighted by molar-refractivity contribution is 5.92. The maximum atomic E-state index is 12.5. The molecule has 0 aromatic heterocycles. The first-order valence-corrected chi connectivity index (χ1v) is 13.4. The molecule has 2 aromatic carbocycles. The van der Waals surface area contributed by atoms with Gasteiger partial charge in [-0.3, -0.25) is 0 Å². The summed E-state index contributed by atoms with van der Waals surface area (Å²) in [5.41, 5.74) is 0.416.